The Hall–Kier alpha value is -2.40. The van der Waals surface area contributed by atoms with E-state index in [1.54, 1.807) is 0 Å². The SMILES string of the molecule is CCCCCNC1=NCN=C2C=C(OCCOC(F)F)C(N)([N+](=O)[O-])C=C21. The first-order chi connectivity index (χ1) is 12.9. The molecule has 0 spiro atoms. The molecule has 0 saturated carbocycles. The van der Waals surface area contributed by atoms with E-state index in [4.69, 9.17) is 10.5 Å². The summed E-state index contributed by atoms with van der Waals surface area (Å²) >= 11 is 0. The van der Waals surface area contributed by atoms with Crippen molar-refractivity contribution in [2.75, 3.05) is 26.4 Å². The van der Waals surface area contributed by atoms with E-state index in [-0.39, 0.29) is 19.0 Å². The molecule has 0 bridgehead atoms. The Labute approximate surface area is 155 Å². The van der Waals surface area contributed by atoms with Crippen molar-refractivity contribution in [3.63, 3.8) is 0 Å². The molecule has 150 valence electrons. The van der Waals surface area contributed by atoms with Gasteiger partial charge in [-0.15, -0.1) is 0 Å². The molecule has 0 radical (unpaired) electrons. The number of allylic oxidation sites excluding steroid dienone is 1. The predicted molar refractivity (Wildman–Crippen MR) is 95.3 cm³/mol. The van der Waals surface area contributed by atoms with E-state index in [1.165, 1.54) is 12.2 Å². The van der Waals surface area contributed by atoms with Gasteiger partial charge < -0.3 is 14.8 Å². The molecule has 0 saturated heterocycles. The molecule has 11 heteroatoms. The summed E-state index contributed by atoms with van der Waals surface area (Å²) in [5.41, 5.74) is 4.65. The Morgan fingerprint density at radius 1 is 1.41 bits per heavy atom. The van der Waals surface area contributed by atoms with Crippen LogP contribution < -0.4 is 11.1 Å². The number of nitrogens with zero attached hydrogens (tertiary/aromatic N) is 3. The van der Waals surface area contributed by atoms with E-state index >= 15 is 0 Å². The fourth-order valence-electron chi connectivity index (χ4n) is 2.59. The van der Waals surface area contributed by atoms with Crippen LogP contribution in [0.15, 0.2) is 33.5 Å². The summed E-state index contributed by atoms with van der Waals surface area (Å²) in [5.74, 6) is 0.296. The van der Waals surface area contributed by atoms with Gasteiger partial charge in [-0.25, -0.2) is 4.99 Å². The van der Waals surface area contributed by atoms with Crippen LogP contribution in [0.1, 0.15) is 26.2 Å². The fraction of sp³-hybridized carbons (Fsp3) is 0.625. The lowest BCUT2D eigenvalue weighted by atomic mass is 9.93. The number of rotatable bonds is 10. The van der Waals surface area contributed by atoms with Crippen molar-refractivity contribution >= 4 is 11.5 Å². The highest BCUT2D eigenvalue weighted by Gasteiger charge is 2.47. The van der Waals surface area contributed by atoms with E-state index in [9.17, 15) is 18.9 Å². The molecular formula is C16H23F2N5O4. The summed E-state index contributed by atoms with van der Waals surface area (Å²) in [6.45, 7) is -0.764. The first kappa shape index (κ1) is 20.9. The standard InChI is InChI=1S/C16H23F2N5O4/c1-2-3-4-5-20-14-11-9-16(19,23(24)25)13(8-12(11)21-10-22-14)26-6-7-27-15(17)18/h8-9,15H,2-7,10,19H2,1H3,(H,20,22). The number of nitrogens with two attached hydrogens (primary N) is 1. The molecule has 0 fully saturated rings. The van der Waals surface area contributed by atoms with Gasteiger partial charge in [-0.05, 0) is 6.42 Å². The minimum Gasteiger partial charge on any atom is -0.486 e. The Bertz CT molecular complexity index is 678. The van der Waals surface area contributed by atoms with Gasteiger partial charge in [-0.2, -0.15) is 8.78 Å². The van der Waals surface area contributed by atoms with Crippen molar-refractivity contribution < 1.29 is 23.2 Å². The summed E-state index contributed by atoms with van der Waals surface area (Å²) in [5, 5.41) is 14.7. The number of unbranched alkanes of at least 4 members (excludes halogenated alkanes) is 2. The molecule has 0 amide bonds. The summed E-state index contributed by atoms with van der Waals surface area (Å²) in [4.78, 5) is 19.3. The molecule has 2 aliphatic rings. The molecule has 1 unspecified atom stereocenters. The third-order valence-corrected chi connectivity index (χ3v) is 3.99. The first-order valence-electron chi connectivity index (χ1n) is 8.63. The van der Waals surface area contributed by atoms with Gasteiger partial charge in [0.1, 0.15) is 19.1 Å². The second kappa shape index (κ2) is 9.51. The number of nitro groups is 1. The largest absolute Gasteiger partial charge is 0.486 e. The van der Waals surface area contributed by atoms with Crippen LogP contribution >= 0.6 is 0 Å². The molecule has 3 N–H and O–H groups in total. The second-order valence-corrected chi connectivity index (χ2v) is 5.95. The highest BCUT2D eigenvalue weighted by atomic mass is 19.3. The molecule has 1 atom stereocenters. The van der Waals surface area contributed by atoms with Crippen molar-refractivity contribution in [1.82, 2.24) is 5.32 Å². The second-order valence-electron chi connectivity index (χ2n) is 5.95. The summed E-state index contributed by atoms with van der Waals surface area (Å²) in [6, 6.07) is 0. The predicted octanol–water partition coefficient (Wildman–Crippen LogP) is 1.59. The van der Waals surface area contributed by atoms with E-state index in [0.29, 0.717) is 23.7 Å². The van der Waals surface area contributed by atoms with E-state index in [2.05, 4.69) is 27.0 Å². The number of nitrogens with one attached hydrogen (secondary N) is 1. The minimum absolute atomic E-state index is 0.164. The molecule has 1 aliphatic heterocycles. The summed E-state index contributed by atoms with van der Waals surface area (Å²) in [6.07, 6.45) is 5.62. The summed E-state index contributed by atoms with van der Waals surface area (Å²) < 4.78 is 33.4. The molecular weight excluding hydrogens is 364 g/mol. The van der Waals surface area contributed by atoms with Crippen molar-refractivity contribution in [3.05, 3.63) is 33.6 Å². The van der Waals surface area contributed by atoms with Gasteiger partial charge in [0.2, 0.25) is 0 Å². The highest BCUT2D eigenvalue weighted by Crippen LogP contribution is 2.27. The van der Waals surface area contributed by atoms with Crippen LogP contribution in [0.4, 0.5) is 8.78 Å². The highest BCUT2D eigenvalue weighted by molar-refractivity contribution is 6.29. The van der Waals surface area contributed by atoms with E-state index in [0.717, 1.165) is 19.3 Å². The van der Waals surface area contributed by atoms with Gasteiger partial charge in [0.05, 0.1) is 17.2 Å². The van der Waals surface area contributed by atoms with Gasteiger partial charge in [0, 0.05) is 24.3 Å². The smallest absolute Gasteiger partial charge is 0.349 e. The Kier molecular flexibility index (Phi) is 7.36. The number of halogens is 2. The Morgan fingerprint density at radius 3 is 2.85 bits per heavy atom. The zero-order valence-electron chi connectivity index (χ0n) is 15.0. The topological polar surface area (TPSA) is 124 Å². The molecule has 0 aromatic rings. The zero-order valence-corrected chi connectivity index (χ0v) is 15.0. The average Bonchev–Trinajstić information content (AvgIpc) is 2.62. The third-order valence-electron chi connectivity index (χ3n) is 3.99. The number of alkyl halides is 2. The normalized spacial score (nSPS) is 21.7. The monoisotopic (exact) mass is 387 g/mol. The van der Waals surface area contributed by atoms with Gasteiger partial charge in [0.15, 0.2) is 5.76 Å². The van der Waals surface area contributed by atoms with Crippen LogP contribution in [0.3, 0.4) is 0 Å². The number of amidine groups is 1. The zero-order chi connectivity index (χ0) is 19.9. The van der Waals surface area contributed by atoms with Crippen molar-refractivity contribution in [3.8, 4) is 0 Å². The lowest BCUT2D eigenvalue weighted by molar-refractivity contribution is -0.547. The maximum absolute atomic E-state index is 12.0. The Balaban J connectivity index is 2.14. The van der Waals surface area contributed by atoms with Gasteiger partial charge >= 0.3 is 12.3 Å². The van der Waals surface area contributed by atoms with Gasteiger partial charge in [-0.3, -0.25) is 20.8 Å². The average molecular weight is 387 g/mol. The lowest BCUT2D eigenvalue weighted by Gasteiger charge is -2.28. The van der Waals surface area contributed by atoms with Crippen LogP contribution in [0.5, 0.6) is 0 Å². The van der Waals surface area contributed by atoms with Crippen LogP contribution in [0, 0.1) is 10.1 Å². The molecule has 27 heavy (non-hydrogen) atoms. The summed E-state index contributed by atoms with van der Waals surface area (Å²) in [7, 11) is 0. The number of fused-ring (bicyclic) bond motifs is 1. The molecule has 0 aromatic carbocycles. The van der Waals surface area contributed by atoms with Crippen LogP contribution in [-0.4, -0.2) is 55.2 Å². The maximum Gasteiger partial charge on any atom is 0.349 e. The first-order valence-corrected chi connectivity index (χ1v) is 8.63. The maximum atomic E-state index is 12.0. The van der Waals surface area contributed by atoms with Crippen molar-refractivity contribution in [2.24, 2.45) is 15.7 Å². The van der Waals surface area contributed by atoms with Crippen LogP contribution in [0.25, 0.3) is 0 Å². The number of hydrogen-bond acceptors (Lipinski definition) is 8. The molecule has 1 heterocycles. The molecule has 1 aliphatic carbocycles. The number of aliphatic imine (C=N–C) groups is 2. The molecule has 2 rings (SSSR count). The van der Waals surface area contributed by atoms with E-state index in [1.807, 2.05) is 0 Å². The van der Waals surface area contributed by atoms with Gasteiger partial charge in [0.25, 0.3) is 0 Å². The fourth-order valence-corrected chi connectivity index (χ4v) is 2.59. The third kappa shape index (κ3) is 5.30. The molecule has 0 aromatic heterocycles. The lowest BCUT2D eigenvalue weighted by Crippen LogP contribution is -2.52. The van der Waals surface area contributed by atoms with Crippen molar-refractivity contribution in [1.29, 1.82) is 0 Å². The number of ether oxygens (including phenoxy) is 2. The van der Waals surface area contributed by atoms with Crippen molar-refractivity contribution in [2.45, 2.75) is 38.5 Å². The quantitative estimate of drug-likeness (QED) is 0.254. The van der Waals surface area contributed by atoms with Gasteiger partial charge in [-0.1, -0.05) is 19.8 Å². The van der Waals surface area contributed by atoms with Crippen LogP contribution in [0.2, 0.25) is 0 Å². The number of hydrogen-bond donors (Lipinski definition) is 2. The Morgan fingerprint density at radius 2 is 2.19 bits per heavy atom. The molecule has 9 nitrogen and oxygen atoms in total. The minimum atomic E-state index is -2.95. The van der Waals surface area contributed by atoms with E-state index < -0.39 is 23.8 Å². The van der Waals surface area contributed by atoms with Crippen LogP contribution in [-0.2, 0) is 9.47 Å².